The number of morpholine rings is 1. The van der Waals surface area contributed by atoms with Gasteiger partial charge in [-0.1, -0.05) is 6.42 Å². The van der Waals surface area contributed by atoms with Gasteiger partial charge in [-0.15, -0.1) is 11.8 Å². The Balaban J connectivity index is 1.12. The number of piperidine rings is 1. The summed E-state index contributed by atoms with van der Waals surface area (Å²) in [6, 6.07) is 0.994. The van der Waals surface area contributed by atoms with Gasteiger partial charge < -0.3 is 41.8 Å². The molecule has 5 aliphatic heterocycles. The number of nitrogens with two attached hydrogens (primary N) is 1. The van der Waals surface area contributed by atoms with Crippen molar-refractivity contribution < 1.29 is 24.8 Å². The van der Waals surface area contributed by atoms with Crippen molar-refractivity contribution in [1.29, 1.82) is 0 Å². The summed E-state index contributed by atoms with van der Waals surface area (Å²) >= 11 is 3.73. The number of hydrogen-bond acceptors (Lipinski definition) is 10. The summed E-state index contributed by atoms with van der Waals surface area (Å²) in [6.07, 6.45) is 8.37. The molecular weight excluding hydrogens is 536 g/mol. The number of hydrogen-bond donors (Lipinski definition) is 5. The fourth-order valence-electron chi connectivity index (χ4n) is 7.37. The van der Waals surface area contributed by atoms with E-state index in [0.29, 0.717) is 30.5 Å². The number of primary amides is 1. The predicted molar refractivity (Wildman–Crippen MR) is 153 cm³/mol. The smallest absolute Gasteiger partial charge is 0.236 e. The maximum absolute atomic E-state index is 13.1. The summed E-state index contributed by atoms with van der Waals surface area (Å²) < 4.78 is 12.1. The van der Waals surface area contributed by atoms with Gasteiger partial charge in [0.05, 0.1) is 25.3 Å². The number of rotatable bonds is 7. The van der Waals surface area contributed by atoms with Crippen LogP contribution in [0.25, 0.3) is 0 Å². The van der Waals surface area contributed by atoms with E-state index in [0.717, 1.165) is 49.9 Å². The van der Waals surface area contributed by atoms with Gasteiger partial charge in [0, 0.05) is 67.2 Å². The largest absolute Gasteiger partial charge is 0.474 e. The Labute approximate surface area is 239 Å². The van der Waals surface area contributed by atoms with Crippen LogP contribution in [0.15, 0.2) is 12.0 Å². The SMILES string of the molecule is NC(=O)C1NCC(N[C@H]2CCCC[C@H]2[NH3+])CC1NC1CCSC1C1CSC2C(=O)C=C(N3CCOCC3)OC21. The number of fused-ring (bicyclic) bond motifs is 1. The van der Waals surface area contributed by atoms with Crippen LogP contribution in [0.1, 0.15) is 38.5 Å². The quantitative estimate of drug-likeness (QED) is 0.255. The highest BCUT2D eigenvalue weighted by Crippen LogP contribution is 2.46. The number of amides is 1. The van der Waals surface area contributed by atoms with Crippen molar-refractivity contribution in [1.82, 2.24) is 20.9 Å². The molecule has 8 N–H and O–H groups in total. The van der Waals surface area contributed by atoms with Crippen molar-refractivity contribution in [3.8, 4) is 0 Å². The number of nitrogens with zero attached hydrogens (tertiary/aromatic N) is 1. The molecule has 39 heavy (non-hydrogen) atoms. The molecule has 12 heteroatoms. The summed E-state index contributed by atoms with van der Waals surface area (Å²) in [5.74, 6) is 2.85. The Bertz CT molecular complexity index is 936. The van der Waals surface area contributed by atoms with Gasteiger partial charge in [0.15, 0.2) is 11.7 Å². The minimum Gasteiger partial charge on any atom is -0.474 e. The van der Waals surface area contributed by atoms with Crippen LogP contribution >= 0.6 is 23.5 Å². The first kappa shape index (κ1) is 28.1. The third-order valence-electron chi connectivity index (χ3n) is 9.49. The molecule has 0 aromatic rings. The molecule has 10 nitrogen and oxygen atoms in total. The number of allylic oxidation sites excluding steroid dienone is 1. The van der Waals surface area contributed by atoms with Crippen molar-refractivity contribution in [3.63, 3.8) is 0 Å². The molecule has 0 spiro atoms. The number of thioether (sulfide) groups is 2. The van der Waals surface area contributed by atoms with Crippen molar-refractivity contribution in [2.24, 2.45) is 11.7 Å². The molecule has 10 atom stereocenters. The van der Waals surface area contributed by atoms with Gasteiger partial charge in [-0.25, -0.2) is 0 Å². The monoisotopic (exact) mass is 581 g/mol. The highest BCUT2D eigenvalue weighted by Gasteiger charge is 2.52. The lowest BCUT2D eigenvalue weighted by Crippen LogP contribution is -2.72. The lowest BCUT2D eigenvalue weighted by Gasteiger charge is -2.42. The summed E-state index contributed by atoms with van der Waals surface area (Å²) in [5.41, 5.74) is 10.3. The van der Waals surface area contributed by atoms with E-state index in [1.54, 1.807) is 17.8 Å². The molecule has 4 saturated heterocycles. The number of carbonyl (C=O) groups is 2. The van der Waals surface area contributed by atoms with Crippen LogP contribution in [0.5, 0.6) is 0 Å². The predicted octanol–water partition coefficient (Wildman–Crippen LogP) is -0.950. The Kier molecular flexibility index (Phi) is 8.98. The normalized spacial score (nSPS) is 43.1. The molecule has 1 amide bonds. The molecule has 6 aliphatic rings. The molecule has 1 saturated carbocycles. The number of carbonyl (C=O) groups excluding carboxylic acids is 2. The maximum atomic E-state index is 13.1. The van der Waals surface area contributed by atoms with E-state index in [2.05, 4.69) is 26.6 Å². The summed E-state index contributed by atoms with van der Waals surface area (Å²) in [4.78, 5) is 27.7. The molecule has 0 aromatic carbocycles. The fourth-order valence-corrected chi connectivity index (χ4v) is 10.6. The number of quaternary nitrogens is 1. The Hall–Kier alpha value is -1.02. The zero-order valence-corrected chi connectivity index (χ0v) is 24.4. The topological polar surface area (TPSA) is 146 Å². The lowest BCUT2D eigenvalue weighted by atomic mass is 9.87. The van der Waals surface area contributed by atoms with Crippen molar-refractivity contribution in [2.45, 2.75) is 91.4 Å². The molecule has 0 radical (unpaired) electrons. The second-order valence-electron chi connectivity index (χ2n) is 12.0. The zero-order chi connectivity index (χ0) is 26.9. The summed E-state index contributed by atoms with van der Waals surface area (Å²) in [5, 5.41) is 11.4. The van der Waals surface area contributed by atoms with Crippen molar-refractivity contribution >= 4 is 35.2 Å². The van der Waals surface area contributed by atoms with Crippen molar-refractivity contribution in [3.05, 3.63) is 12.0 Å². The first-order valence-electron chi connectivity index (χ1n) is 14.8. The van der Waals surface area contributed by atoms with Crippen LogP contribution in [0, 0.1) is 5.92 Å². The molecule has 0 bridgehead atoms. The second-order valence-corrected chi connectivity index (χ2v) is 14.5. The first-order chi connectivity index (χ1) is 19.0. The van der Waals surface area contributed by atoms with E-state index in [9.17, 15) is 9.59 Å². The lowest BCUT2D eigenvalue weighted by molar-refractivity contribution is -0.431. The van der Waals surface area contributed by atoms with Crippen LogP contribution in [-0.4, -0.2) is 114 Å². The van der Waals surface area contributed by atoms with Gasteiger partial charge in [0.25, 0.3) is 0 Å². The number of nitrogens with one attached hydrogen (secondary N) is 3. The van der Waals surface area contributed by atoms with Gasteiger partial charge in [0.1, 0.15) is 17.4 Å². The molecule has 5 fully saturated rings. The maximum Gasteiger partial charge on any atom is 0.236 e. The van der Waals surface area contributed by atoms with Gasteiger partial charge in [0.2, 0.25) is 5.91 Å². The van der Waals surface area contributed by atoms with Crippen LogP contribution in [-0.2, 0) is 19.1 Å². The second kappa shape index (κ2) is 12.5. The zero-order valence-electron chi connectivity index (χ0n) is 22.7. The molecule has 1 aliphatic carbocycles. The minimum absolute atomic E-state index is 0.0330. The van der Waals surface area contributed by atoms with Gasteiger partial charge in [-0.3, -0.25) is 9.59 Å². The van der Waals surface area contributed by atoms with Crippen LogP contribution in [0.2, 0.25) is 0 Å². The van der Waals surface area contributed by atoms with Crippen LogP contribution in [0.3, 0.4) is 0 Å². The molecule has 0 aromatic heterocycles. The minimum atomic E-state index is -0.384. The highest BCUT2D eigenvalue weighted by atomic mass is 32.2. The molecule has 5 heterocycles. The Morgan fingerprint density at radius 3 is 2.72 bits per heavy atom. The van der Waals surface area contributed by atoms with E-state index in [-0.39, 0.29) is 53.1 Å². The Morgan fingerprint density at radius 1 is 1.10 bits per heavy atom. The van der Waals surface area contributed by atoms with E-state index in [1.807, 2.05) is 11.8 Å². The van der Waals surface area contributed by atoms with E-state index in [4.69, 9.17) is 15.2 Å². The average Bonchev–Trinajstić information content (AvgIpc) is 3.57. The van der Waals surface area contributed by atoms with Gasteiger partial charge in [-0.2, -0.15) is 11.8 Å². The standard InChI is InChI=1S/C27H44N6O4S2/c28-17-3-1-2-4-18(17)31-15-11-20(23(27(29)35)30-13-15)32-19-5-10-38-25(19)16-14-39-26-21(34)12-22(37-24(16)26)33-6-8-36-9-7-33/h12,15-20,23-26,30-32H,1-11,13-14,28H2,(H2,29,35)/p+1/t15?,16?,17-,18+,19?,20?,23?,24?,25?,26?/m1/s1. The Morgan fingerprint density at radius 2 is 1.92 bits per heavy atom. The van der Waals surface area contributed by atoms with Crippen molar-refractivity contribution in [2.75, 3.05) is 44.4 Å². The van der Waals surface area contributed by atoms with E-state index in [1.165, 1.54) is 25.7 Å². The molecular formula is C27H45N6O4S2+. The number of ketones is 1. The third-order valence-corrected chi connectivity index (χ3v) is 12.5. The van der Waals surface area contributed by atoms with Crippen LogP contribution < -0.4 is 27.4 Å². The van der Waals surface area contributed by atoms with Gasteiger partial charge in [-0.05, 0) is 31.4 Å². The van der Waals surface area contributed by atoms with E-state index < -0.39 is 0 Å². The average molecular weight is 582 g/mol. The third kappa shape index (κ3) is 6.12. The van der Waals surface area contributed by atoms with E-state index >= 15 is 0 Å². The summed E-state index contributed by atoms with van der Waals surface area (Å²) in [6.45, 7) is 3.57. The summed E-state index contributed by atoms with van der Waals surface area (Å²) in [7, 11) is 0. The fraction of sp³-hybridized carbons (Fsp3) is 0.852. The van der Waals surface area contributed by atoms with Gasteiger partial charge >= 0.3 is 0 Å². The highest BCUT2D eigenvalue weighted by molar-refractivity contribution is 8.01. The number of ether oxygens (including phenoxy) is 2. The first-order valence-corrected chi connectivity index (χ1v) is 16.9. The molecule has 218 valence electrons. The molecule has 8 unspecified atom stereocenters. The van der Waals surface area contributed by atoms with Crippen LogP contribution in [0.4, 0.5) is 0 Å². The molecule has 6 rings (SSSR count).